The number of nitrogens with two attached hydrogens (primary N) is 1. The van der Waals surface area contributed by atoms with Crippen LogP contribution >= 0.6 is 0 Å². The smallest absolute Gasteiger partial charge is 0.383 e. The number of ketones is 1. The summed E-state index contributed by atoms with van der Waals surface area (Å²) in [4.78, 5) is 23.9. The summed E-state index contributed by atoms with van der Waals surface area (Å²) in [6.45, 7) is 1.86. The fourth-order valence-electron chi connectivity index (χ4n) is 4.79. The lowest BCUT2D eigenvalue weighted by Gasteiger charge is -2.19. The van der Waals surface area contributed by atoms with E-state index in [0.29, 0.717) is 28.6 Å². The van der Waals surface area contributed by atoms with Crippen molar-refractivity contribution in [1.82, 2.24) is 24.7 Å². The zero-order chi connectivity index (χ0) is 25.9. The highest BCUT2D eigenvalue weighted by Gasteiger charge is 2.36. The molecule has 0 saturated heterocycles. The summed E-state index contributed by atoms with van der Waals surface area (Å²) in [6, 6.07) is 12.1. The van der Waals surface area contributed by atoms with Gasteiger partial charge in [0.05, 0.1) is 34.2 Å². The molecule has 0 bridgehead atoms. The summed E-state index contributed by atoms with van der Waals surface area (Å²) in [5, 5.41) is 4.93. The second kappa shape index (κ2) is 8.22. The molecule has 0 unspecified atom stereocenters. The number of halogens is 3. The van der Waals surface area contributed by atoms with Crippen molar-refractivity contribution in [2.45, 2.75) is 25.9 Å². The van der Waals surface area contributed by atoms with Gasteiger partial charge in [-0.2, -0.15) is 18.3 Å². The standard InChI is InChI=1S/C27H21F3N6O/c1-14-33-22-9-7-17(12-23(22)34-14)36-26(31)19(13-32-36)25(37)24-11-16-10-15(6-8-21(16)35-24)18-4-2-3-5-20(18)27(28,29)30/h2,4,6-13,35H,3,5,31H2,1H3,(H,33,34). The first-order valence-corrected chi connectivity index (χ1v) is 11.6. The molecule has 0 fully saturated rings. The number of carbonyl (C=O) groups is 1. The van der Waals surface area contributed by atoms with Crippen LogP contribution in [0.3, 0.4) is 0 Å². The average molecular weight is 503 g/mol. The molecular weight excluding hydrogens is 481 g/mol. The number of carbonyl (C=O) groups excluding carboxylic acids is 1. The summed E-state index contributed by atoms with van der Waals surface area (Å²) in [5.74, 6) is 0.587. The van der Waals surface area contributed by atoms with E-state index in [1.807, 2.05) is 25.1 Å². The van der Waals surface area contributed by atoms with Crippen LogP contribution in [0.5, 0.6) is 0 Å². The van der Waals surface area contributed by atoms with Gasteiger partial charge in [0.25, 0.3) is 0 Å². The Morgan fingerprint density at radius 1 is 1.08 bits per heavy atom. The molecule has 0 saturated carbocycles. The Kier molecular flexibility index (Phi) is 5.08. The lowest BCUT2D eigenvalue weighted by Crippen LogP contribution is -2.15. The van der Waals surface area contributed by atoms with E-state index in [-0.39, 0.29) is 34.9 Å². The van der Waals surface area contributed by atoms with Crippen LogP contribution < -0.4 is 5.73 Å². The molecule has 10 heteroatoms. The van der Waals surface area contributed by atoms with Crippen molar-refractivity contribution in [3.63, 3.8) is 0 Å². The minimum atomic E-state index is -4.40. The number of aromatic amines is 2. The Morgan fingerprint density at radius 2 is 1.92 bits per heavy atom. The molecule has 2 aromatic carbocycles. The molecule has 0 spiro atoms. The topological polar surface area (TPSA) is 105 Å². The first kappa shape index (κ1) is 22.8. The number of aryl methyl sites for hydroxylation is 1. The third-order valence-corrected chi connectivity index (χ3v) is 6.57. The lowest BCUT2D eigenvalue weighted by atomic mass is 9.91. The molecule has 4 N–H and O–H groups in total. The molecule has 186 valence electrons. The van der Waals surface area contributed by atoms with Gasteiger partial charge in [-0.15, -0.1) is 0 Å². The van der Waals surface area contributed by atoms with Crippen LogP contribution in [0.1, 0.15) is 40.3 Å². The van der Waals surface area contributed by atoms with Crippen LogP contribution in [0.4, 0.5) is 19.0 Å². The molecule has 3 aromatic heterocycles. The van der Waals surface area contributed by atoms with E-state index < -0.39 is 11.7 Å². The van der Waals surface area contributed by atoms with E-state index in [1.54, 1.807) is 30.3 Å². The van der Waals surface area contributed by atoms with E-state index in [2.05, 4.69) is 20.1 Å². The molecule has 0 atom stereocenters. The fourth-order valence-corrected chi connectivity index (χ4v) is 4.79. The van der Waals surface area contributed by atoms with E-state index in [4.69, 9.17) is 5.73 Å². The van der Waals surface area contributed by atoms with Crippen molar-refractivity contribution in [2.24, 2.45) is 0 Å². The number of alkyl halides is 3. The normalized spacial score (nSPS) is 14.3. The summed E-state index contributed by atoms with van der Waals surface area (Å²) < 4.78 is 42.2. The Bertz CT molecular complexity index is 1770. The number of rotatable bonds is 4. The van der Waals surface area contributed by atoms with Gasteiger partial charge in [-0.1, -0.05) is 18.2 Å². The van der Waals surface area contributed by atoms with Crippen LogP contribution in [-0.4, -0.2) is 36.7 Å². The van der Waals surface area contributed by atoms with Crippen molar-refractivity contribution < 1.29 is 18.0 Å². The number of anilines is 1. The summed E-state index contributed by atoms with van der Waals surface area (Å²) >= 11 is 0. The molecule has 0 amide bonds. The number of fused-ring (bicyclic) bond motifs is 2. The van der Waals surface area contributed by atoms with Crippen LogP contribution in [0, 0.1) is 6.92 Å². The minimum Gasteiger partial charge on any atom is -0.383 e. The molecule has 7 nitrogen and oxygen atoms in total. The molecular formula is C27H21F3N6O. The number of H-pyrrole nitrogens is 2. The lowest BCUT2D eigenvalue weighted by molar-refractivity contribution is -0.0933. The number of hydrogen-bond acceptors (Lipinski definition) is 4. The van der Waals surface area contributed by atoms with E-state index >= 15 is 0 Å². The molecule has 37 heavy (non-hydrogen) atoms. The first-order valence-electron chi connectivity index (χ1n) is 11.6. The Morgan fingerprint density at radius 3 is 2.73 bits per heavy atom. The maximum atomic E-state index is 13.6. The van der Waals surface area contributed by atoms with Gasteiger partial charge in [-0.05, 0) is 67.3 Å². The van der Waals surface area contributed by atoms with E-state index in [1.165, 1.54) is 17.0 Å². The number of hydrogen-bond donors (Lipinski definition) is 3. The van der Waals surface area contributed by atoms with Crippen molar-refractivity contribution in [2.75, 3.05) is 5.73 Å². The van der Waals surface area contributed by atoms with Crippen molar-refractivity contribution >= 4 is 39.1 Å². The Hall–Kier alpha value is -4.60. The van der Waals surface area contributed by atoms with Gasteiger partial charge in [0.15, 0.2) is 0 Å². The molecule has 1 aliphatic rings. The number of aromatic nitrogens is 5. The monoisotopic (exact) mass is 502 g/mol. The van der Waals surface area contributed by atoms with Crippen molar-refractivity contribution in [3.8, 4) is 5.69 Å². The van der Waals surface area contributed by atoms with Crippen molar-refractivity contribution in [3.05, 3.63) is 89.0 Å². The second-order valence-electron chi connectivity index (χ2n) is 9.02. The van der Waals surface area contributed by atoms with Gasteiger partial charge < -0.3 is 15.7 Å². The number of nitrogens with zero attached hydrogens (tertiary/aromatic N) is 3. The Balaban J connectivity index is 1.35. The number of nitrogens with one attached hydrogen (secondary N) is 2. The van der Waals surface area contributed by atoms with Gasteiger partial charge in [-0.25, -0.2) is 9.67 Å². The van der Waals surface area contributed by atoms with E-state index in [0.717, 1.165) is 16.9 Å². The number of benzene rings is 2. The minimum absolute atomic E-state index is 0.0551. The third kappa shape index (κ3) is 3.90. The zero-order valence-electron chi connectivity index (χ0n) is 19.6. The summed E-state index contributed by atoms with van der Waals surface area (Å²) in [6.07, 6.45) is 0.570. The average Bonchev–Trinajstić information content (AvgIpc) is 3.57. The van der Waals surface area contributed by atoms with Gasteiger partial charge in [0, 0.05) is 16.5 Å². The number of nitrogen functional groups attached to an aromatic ring is 1. The number of imidazole rings is 1. The molecule has 6 rings (SSSR count). The molecule has 1 aliphatic carbocycles. The highest BCUT2D eigenvalue weighted by Crippen LogP contribution is 2.39. The van der Waals surface area contributed by atoms with Crippen LogP contribution in [0.15, 0.2) is 66.4 Å². The SMILES string of the molecule is Cc1nc2ccc(-n3ncc(C(=O)c4cc5cc(C6=C(C(F)(F)F)CCC=C6)ccc5[nH]4)c3N)cc2[nH]1. The first-order chi connectivity index (χ1) is 17.7. The maximum Gasteiger partial charge on any atom is 0.413 e. The largest absolute Gasteiger partial charge is 0.413 e. The quantitative estimate of drug-likeness (QED) is 0.262. The van der Waals surface area contributed by atoms with Gasteiger partial charge in [-0.3, -0.25) is 4.79 Å². The van der Waals surface area contributed by atoms with Crippen LogP contribution in [0.2, 0.25) is 0 Å². The third-order valence-electron chi connectivity index (χ3n) is 6.57. The number of allylic oxidation sites excluding steroid dienone is 4. The summed E-state index contributed by atoms with van der Waals surface area (Å²) in [5.41, 5.74) is 9.79. The predicted molar refractivity (Wildman–Crippen MR) is 135 cm³/mol. The maximum absolute atomic E-state index is 13.6. The van der Waals surface area contributed by atoms with Gasteiger partial charge >= 0.3 is 6.18 Å². The zero-order valence-corrected chi connectivity index (χ0v) is 19.6. The summed E-state index contributed by atoms with van der Waals surface area (Å²) in [7, 11) is 0. The molecule has 3 heterocycles. The van der Waals surface area contributed by atoms with Gasteiger partial charge in [0.2, 0.25) is 5.78 Å². The highest BCUT2D eigenvalue weighted by atomic mass is 19.4. The van der Waals surface area contributed by atoms with Crippen molar-refractivity contribution in [1.29, 1.82) is 0 Å². The molecule has 0 radical (unpaired) electrons. The second-order valence-corrected chi connectivity index (χ2v) is 9.02. The fraction of sp³-hybridized carbons (Fsp3) is 0.148. The van der Waals surface area contributed by atoms with Crippen LogP contribution in [-0.2, 0) is 0 Å². The molecule has 0 aliphatic heterocycles. The predicted octanol–water partition coefficient (Wildman–Crippen LogP) is 6.02. The van der Waals surface area contributed by atoms with E-state index in [9.17, 15) is 18.0 Å². The highest BCUT2D eigenvalue weighted by molar-refractivity contribution is 6.12. The van der Waals surface area contributed by atoms with Gasteiger partial charge in [0.1, 0.15) is 11.6 Å². The van der Waals surface area contributed by atoms with Crippen LogP contribution in [0.25, 0.3) is 33.2 Å². The molecule has 5 aromatic rings. The Labute approximate surface area is 208 Å².